The molecule has 0 aromatic heterocycles. The Morgan fingerprint density at radius 1 is 1.24 bits per heavy atom. The molecule has 1 saturated heterocycles. The predicted octanol–water partition coefficient (Wildman–Crippen LogP) is 3.12. The van der Waals surface area contributed by atoms with E-state index in [0.29, 0.717) is 12.5 Å². The summed E-state index contributed by atoms with van der Waals surface area (Å²) in [5, 5.41) is 0. The number of piperidine rings is 1. The number of Topliss-reactive ketones (excluding diaryl/α,β-unsaturated/α-hetero) is 1. The normalized spacial score (nSPS) is 40.2. The molecule has 3 fully saturated rings. The highest BCUT2D eigenvalue weighted by Gasteiger charge is 2.76. The summed E-state index contributed by atoms with van der Waals surface area (Å²) >= 11 is 0. The molecule has 2 bridgehead atoms. The second-order valence-corrected chi connectivity index (χ2v) is 9.93. The van der Waals surface area contributed by atoms with Crippen molar-refractivity contribution < 1.29 is 19.0 Å². The van der Waals surface area contributed by atoms with Crippen LogP contribution in [0, 0.1) is 11.8 Å². The molecular weight excluding hydrogens is 366 g/mol. The lowest BCUT2D eigenvalue weighted by Crippen LogP contribution is -2.79. The van der Waals surface area contributed by atoms with E-state index in [1.165, 1.54) is 30.4 Å². The number of ether oxygens (including phenoxy) is 3. The number of likely N-dealkylation sites (tertiary alicyclic amines) is 1. The summed E-state index contributed by atoms with van der Waals surface area (Å²) in [6, 6.07) is 4.51. The maximum absolute atomic E-state index is 13.3. The Balaban J connectivity index is 1.58. The maximum Gasteiger partial charge on any atom is 0.174 e. The van der Waals surface area contributed by atoms with Crippen LogP contribution in [-0.4, -0.2) is 55.7 Å². The van der Waals surface area contributed by atoms with Crippen molar-refractivity contribution in [2.45, 2.75) is 68.6 Å². The molecular formula is C24H31NO4. The Kier molecular flexibility index (Phi) is 3.75. The van der Waals surface area contributed by atoms with E-state index in [0.717, 1.165) is 43.3 Å². The van der Waals surface area contributed by atoms with Crippen molar-refractivity contribution in [3.8, 4) is 11.5 Å². The molecule has 5 aliphatic rings. The summed E-state index contributed by atoms with van der Waals surface area (Å²) in [4.78, 5) is 16.0. The zero-order valence-electron chi connectivity index (χ0n) is 17.7. The van der Waals surface area contributed by atoms with Crippen molar-refractivity contribution in [3.05, 3.63) is 23.3 Å². The predicted molar refractivity (Wildman–Crippen MR) is 109 cm³/mol. The molecule has 1 spiro atoms. The summed E-state index contributed by atoms with van der Waals surface area (Å²) in [6.45, 7) is 4.40. The lowest BCUT2D eigenvalue weighted by molar-refractivity contribution is -0.224. The van der Waals surface area contributed by atoms with Crippen LogP contribution in [0.5, 0.6) is 11.5 Å². The van der Waals surface area contributed by atoms with E-state index in [2.05, 4.69) is 17.9 Å². The van der Waals surface area contributed by atoms with Crippen molar-refractivity contribution in [1.82, 2.24) is 4.90 Å². The summed E-state index contributed by atoms with van der Waals surface area (Å²) < 4.78 is 18.7. The third-order valence-electron chi connectivity index (χ3n) is 8.98. The molecule has 2 aliphatic heterocycles. The first-order chi connectivity index (χ1) is 14.1. The van der Waals surface area contributed by atoms with Crippen molar-refractivity contribution in [1.29, 1.82) is 0 Å². The van der Waals surface area contributed by atoms with E-state index >= 15 is 0 Å². The minimum atomic E-state index is -0.447. The Hall–Kier alpha value is -1.59. The number of nitrogens with zero attached hydrogens (tertiary/aromatic N) is 1. The lowest BCUT2D eigenvalue weighted by atomic mass is 9.46. The molecule has 1 unspecified atom stereocenters. The summed E-state index contributed by atoms with van der Waals surface area (Å²) in [5.74, 6) is 2.75. The van der Waals surface area contributed by atoms with Crippen molar-refractivity contribution in [2.24, 2.45) is 11.8 Å². The molecule has 2 saturated carbocycles. The van der Waals surface area contributed by atoms with Crippen LogP contribution in [0.3, 0.4) is 0 Å². The Morgan fingerprint density at radius 2 is 2.07 bits per heavy atom. The Morgan fingerprint density at radius 3 is 2.76 bits per heavy atom. The van der Waals surface area contributed by atoms with E-state index < -0.39 is 17.1 Å². The van der Waals surface area contributed by atoms with E-state index in [1.54, 1.807) is 7.11 Å². The molecule has 29 heavy (non-hydrogen) atoms. The number of hydrogen-bond donors (Lipinski definition) is 0. The van der Waals surface area contributed by atoms with Crippen molar-refractivity contribution in [3.63, 3.8) is 0 Å². The van der Waals surface area contributed by atoms with Gasteiger partial charge < -0.3 is 14.2 Å². The van der Waals surface area contributed by atoms with Crippen LogP contribution in [0.2, 0.25) is 0 Å². The highest BCUT2D eigenvalue weighted by Crippen LogP contribution is 2.67. The van der Waals surface area contributed by atoms with Crippen molar-refractivity contribution >= 4 is 5.78 Å². The minimum Gasteiger partial charge on any atom is -0.493 e. The van der Waals surface area contributed by atoms with Gasteiger partial charge in [-0.15, -0.1) is 0 Å². The van der Waals surface area contributed by atoms with E-state index in [1.807, 2.05) is 13.2 Å². The quantitative estimate of drug-likeness (QED) is 0.781. The topological polar surface area (TPSA) is 48.0 Å². The molecule has 2 heterocycles. The van der Waals surface area contributed by atoms with Gasteiger partial charge >= 0.3 is 0 Å². The van der Waals surface area contributed by atoms with Crippen LogP contribution in [0.15, 0.2) is 12.1 Å². The fourth-order valence-electron chi connectivity index (χ4n) is 7.69. The Bertz CT molecular complexity index is 880. The van der Waals surface area contributed by atoms with Gasteiger partial charge in [0.25, 0.3) is 0 Å². The third-order valence-corrected chi connectivity index (χ3v) is 8.98. The number of ketones is 1. The molecule has 156 valence electrons. The molecule has 5 atom stereocenters. The smallest absolute Gasteiger partial charge is 0.174 e. The van der Waals surface area contributed by atoms with E-state index in [4.69, 9.17) is 14.2 Å². The van der Waals surface area contributed by atoms with E-state index in [-0.39, 0.29) is 11.7 Å². The minimum absolute atomic E-state index is 0.166. The number of rotatable bonds is 4. The fourth-order valence-corrected chi connectivity index (χ4v) is 7.69. The van der Waals surface area contributed by atoms with Gasteiger partial charge in [-0.3, -0.25) is 9.69 Å². The molecule has 0 radical (unpaired) electrons. The second-order valence-electron chi connectivity index (χ2n) is 9.93. The van der Waals surface area contributed by atoms with Crippen LogP contribution in [0.4, 0.5) is 0 Å². The van der Waals surface area contributed by atoms with Gasteiger partial charge in [-0.05, 0) is 55.7 Å². The van der Waals surface area contributed by atoms with Gasteiger partial charge in [0.15, 0.2) is 23.4 Å². The van der Waals surface area contributed by atoms with Crippen LogP contribution in [0.25, 0.3) is 0 Å². The van der Waals surface area contributed by atoms with Gasteiger partial charge in [0, 0.05) is 31.7 Å². The molecule has 5 heteroatoms. The van der Waals surface area contributed by atoms with Crippen LogP contribution < -0.4 is 9.47 Å². The van der Waals surface area contributed by atoms with E-state index in [9.17, 15) is 4.79 Å². The highest BCUT2D eigenvalue weighted by molar-refractivity contribution is 5.90. The first-order valence-corrected chi connectivity index (χ1v) is 11.3. The number of benzene rings is 1. The average Bonchev–Trinajstić information content (AvgIpc) is 3.03. The van der Waals surface area contributed by atoms with Crippen LogP contribution in [-0.2, 0) is 21.4 Å². The second kappa shape index (κ2) is 5.98. The van der Waals surface area contributed by atoms with Gasteiger partial charge in [-0.25, -0.2) is 0 Å². The van der Waals surface area contributed by atoms with Crippen LogP contribution in [0.1, 0.15) is 50.2 Å². The number of carbonyl (C=O) groups excluding carboxylic acids is 1. The van der Waals surface area contributed by atoms with Gasteiger partial charge in [0.1, 0.15) is 5.60 Å². The summed E-state index contributed by atoms with van der Waals surface area (Å²) in [7, 11) is 3.55. The first-order valence-electron chi connectivity index (χ1n) is 11.3. The monoisotopic (exact) mass is 397 g/mol. The maximum atomic E-state index is 13.3. The third kappa shape index (κ3) is 1.97. The summed E-state index contributed by atoms with van der Waals surface area (Å²) in [6.07, 6.45) is 6.03. The molecule has 3 aliphatic carbocycles. The fraction of sp³-hybridized carbons (Fsp3) is 0.708. The Labute approximate surface area is 172 Å². The number of carbonyl (C=O) groups is 1. The van der Waals surface area contributed by atoms with Gasteiger partial charge in [0.05, 0.1) is 12.5 Å². The first kappa shape index (κ1) is 18.2. The molecule has 0 amide bonds. The molecule has 6 rings (SSSR count). The summed E-state index contributed by atoms with van der Waals surface area (Å²) in [5.41, 5.74) is 1.75. The molecule has 1 aromatic carbocycles. The lowest BCUT2D eigenvalue weighted by Gasteiger charge is -2.66. The zero-order valence-corrected chi connectivity index (χ0v) is 17.7. The van der Waals surface area contributed by atoms with Gasteiger partial charge in [0.2, 0.25) is 0 Å². The van der Waals surface area contributed by atoms with Crippen LogP contribution >= 0.6 is 0 Å². The molecule has 1 aromatic rings. The molecule has 5 nitrogen and oxygen atoms in total. The van der Waals surface area contributed by atoms with Gasteiger partial charge in [-0.1, -0.05) is 19.4 Å². The zero-order chi connectivity index (χ0) is 20.0. The highest BCUT2D eigenvalue weighted by atomic mass is 16.5. The number of methoxy groups -OCH3 is 2. The largest absolute Gasteiger partial charge is 0.493 e. The van der Waals surface area contributed by atoms with Crippen molar-refractivity contribution in [2.75, 3.05) is 27.3 Å². The SMILES string of the molecule is COc1ccc2c3c1O[C@H]1C(=O)C[C@@H](C)C4(OC)[C@@H](C2)N(CC2CCC2)CC[C@]314. The standard InChI is InChI=1S/C24H31NO4/c1-14-11-17(26)22-23-9-10-25(13-15-5-4-6-15)19(24(14,23)28-3)12-16-7-8-18(27-2)21(29-22)20(16)23/h7-8,14-15,19,22H,4-6,9-13H2,1-3H3/t14-,19-,22+,23+,24?/m1/s1. The average molecular weight is 398 g/mol. The number of hydrogen-bond acceptors (Lipinski definition) is 5. The van der Waals surface area contributed by atoms with Gasteiger partial charge in [-0.2, -0.15) is 0 Å². The molecule has 0 N–H and O–H groups in total.